The van der Waals surface area contributed by atoms with Crippen LogP contribution in [0.3, 0.4) is 0 Å². The number of halogens is 4. The Morgan fingerprint density at radius 1 is 0.611 bits per heavy atom. The Hall–Kier alpha value is -3.30. The van der Waals surface area contributed by atoms with E-state index in [1.54, 1.807) is 24.3 Å². The van der Waals surface area contributed by atoms with Crippen LogP contribution in [0.5, 0.6) is 11.5 Å². The molecule has 0 N–H and O–H groups in total. The van der Waals surface area contributed by atoms with Crippen molar-refractivity contribution < 1.29 is 28.7 Å². The molecule has 0 atom stereocenters. The van der Waals surface area contributed by atoms with Crippen molar-refractivity contribution in [1.82, 2.24) is 0 Å². The van der Waals surface area contributed by atoms with E-state index in [1.807, 2.05) is 0 Å². The van der Waals surface area contributed by atoms with Crippen LogP contribution in [0.15, 0.2) is 58.8 Å². The molecule has 0 bridgehead atoms. The number of benzene rings is 3. The molecule has 0 amide bonds. The minimum absolute atomic E-state index is 0.0402. The molecule has 3 aromatic rings. The molecule has 0 saturated heterocycles. The molecular formula is C24H16Cl4N2O6. The normalized spacial score (nSPS) is 11.1. The molecule has 0 unspecified atom stereocenters. The number of hydrogen-bond acceptors (Lipinski definition) is 8. The molecule has 0 aromatic heterocycles. The first-order valence-corrected chi connectivity index (χ1v) is 11.4. The maximum absolute atomic E-state index is 12.4. The van der Waals surface area contributed by atoms with Crippen molar-refractivity contribution in [2.75, 3.05) is 14.2 Å². The van der Waals surface area contributed by atoms with Crippen molar-refractivity contribution in [2.45, 2.75) is 0 Å². The molecule has 0 aliphatic carbocycles. The number of ether oxygens (including phenoxy) is 2. The number of hydrogen-bond donors (Lipinski definition) is 0. The van der Waals surface area contributed by atoms with Gasteiger partial charge >= 0.3 is 11.9 Å². The van der Waals surface area contributed by atoms with Crippen molar-refractivity contribution in [2.24, 2.45) is 10.3 Å². The number of nitrogens with zero attached hydrogens (tertiary/aromatic N) is 2. The average Bonchev–Trinajstić information content (AvgIpc) is 2.87. The second kappa shape index (κ2) is 12.6. The first-order chi connectivity index (χ1) is 17.3. The lowest BCUT2D eigenvalue weighted by Crippen LogP contribution is -2.05. The lowest BCUT2D eigenvalue weighted by Gasteiger charge is -2.09. The van der Waals surface area contributed by atoms with Gasteiger partial charge in [-0.3, -0.25) is 0 Å². The topological polar surface area (TPSA) is 95.8 Å². The Labute approximate surface area is 225 Å². The molecule has 3 aromatic carbocycles. The fourth-order valence-corrected chi connectivity index (χ4v) is 3.80. The van der Waals surface area contributed by atoms with Gasteiger partial charge in [-0.15, -0.1) is 0 Å². The zero-order valence-electron chi connectivity index (χ0n) is 18.6. The van der Waals surface area contributed by atoms with Gasteiger partial charge in [-0.1, -0.05) is 81.0 Å². The summed E-state index contributed by atoms with van der Waals surface area (Å²) in [5, 5.41) is 7.97. The standard InChI is InChI=1S/C24H16Cl4N2O6/c1-33-21-17(27)9-7-15(25)19(21)23(31)35-29-11-13-3-5-14(6-4-13)12-30-36-24(32)20-16(26)8-10-18(28)22(20)34-2/h3-12H,1-2H3/b29-11+,30-12+. The summed E-state index contributed by atoms with van der Waals surface area (Å²) in [5.74, 6) is -1.50. The first-order valence-electron chi connectivity index (χ1n) is 9.90. The summed E-state index contributed by atoms with van der Waals surface area (Å²) in [6.07, 6.45) is 2.63. The predicted molar refractivity (Wildman–Crippen MR) is 138 cm³/mol. The van der Waals surface area contributed by atoms with Gasteiger partial charge in [0.15, 0.2) is 11.5 Å². The zero-order chi connectivity index (χ0) is 26.2. The van der Waals surface area contributed by atoms with E-state index >= 15 is 0 Å². The van der Waals surface area contributed by atoms with E-state index in [4.69, 9.17) is 65.6 Å². The van der Waals surface area contributed by atoms with Gasteiger partial charge in [-0.25, -0.2) is 9.59 Å². The summed E-state index contributed by atoms with van der Waals surface area (Å²) < 4.78 is 10.2. The van der Waals surface area contributed by atoms with E-state index < -0.39 is 11.9 Å². The molecule has 0 aliphatic rings. The molecule has 12 heteroatoms. The highest BCUT2D eigenvalue weighted by Gasteiger charge is 2.22. The number of rotatable bonds is 8. The van der Waals surface area contributed by atoms with E-state index in [1.165, 1.54) is 50.9 Å². The maximum Gasteiger partial charge on any atom is 0.371 e. The third-order valence-electron chi connectivity index (χ3n) is 4.55. The fourth-order valence-electron chi connectivity index (χ4n) is 2.88. The summed E-state index contributed by atoms with van der Waals surface area (Å²) >= 11 is 24.2. The van der Waals surface area contributed by atoms with Crippen molar-refractivity contribution in [3.63, 3.8) is 0 Å². The molecule has 0 fully saturated rings. The van der Waals surface area contributed by atoms with Crippen LogP contribution in [0.2, 0.25) is 20.1 Å². The highest BCUT2D eigenvalue weighted by atomic mass is 35.5. The number of carbonyl (C=O) groups is 2. The van der Waals surface area contributed by atoms with Crippen LogP contribution in [0.1, 0.15) is 31.8 Å². The van der Waals surface area contributed by atoms with Gasteiger partial charge < -0.3 is 19.1 Å². The van der Waals surface area contributed by atoms with Gasteiger partial charge in [0.25, 0.3) is 0 Å². The molecule has 0 aliphatic heterocycles. The smallest absolute Gasteiger partial charge is 0.371 e. The van der Waals surface area contributed by atoms with E-state index in [0.717, 1.165) is 0 Å². The van der Waals surface area contributed by atoms with Crippen LogP contribution < -0.4 is 9.47 Å². The van der Waals surface area contributed by atoms with Gasteiger partial charge in [-0.2, -0.15) is 0 Å². The summed E-state index contributed by atoms with van der Waals surface area (Å²) in [4.78, 5) is 34.5. The quantitative estimate of drug-likeness (QED) is 0.170. The maximum atomic E-state index is 12.4. The summed E-state index contributed by atoms with van der Waals surface area (Å²) in [7, 11) is 2.71. The van der Waals surface area contributed by atoms with E-state index in [-0.39, 0.29) is 42.7 Å². The Morgan fingerprint density at radius 3 is 1.28 bits per heavy atom. The van der Waals surface area contributed by atoms with E-state index in [9.17, 15) is 9.59 Å². The Kier molecular flexibility index (Phi) is 9.55. The molecule has 0 spiro atoms. The van der Waals surface area contributed by atoms with E-state index in [2.05, 4.69) is 10.3 Å². The molecule has 0 saturated carbocycles. The molecular weight excluding hydrogens is 554 g/mol. The Bertz CT molecular complexity index is 1240. The van der Waals surface area contributed by atoms with Gasteiger partial charge in [-0.05, 0) is 35.4 Å². The van der Waals surface area contributed by atoms with Crippen molar-refractivity contribution >= 4 is 70.8 Å². The molecule has 186 valence electrons. The van der Waals surface area contributed by atoms with Crippen LogP contribution in [0, 0.1) is 0 Å². The van der Waals surface area contributed by atoms with Crippen molar-refractivity contribution in [1.29, 1.82) is 0 Å². The van der Waals surface area contributed by atoms with Crippen molar-refractivity contribution in [3.05, 3.63) is 90.9 Å². The lowest BCUT2D eigenvalue weighted by molar-refractivity contribution is 0.0506. The second-order valence-corrected chi connectivity index (χ2v) is 8.40. The van der Waals surface area contributed by atoms with Gasteiger partial charge in [0.1, 0.15) is 11.1 Å². The summed E-state index contributed by atoms with van der Waals surface area (Å²) in [6.45, 7) is 0. The highest BCUT2D eigenvalue weighted by molar-refractivity contribution is 6.37. The minimum Gasteiger partial charge on any atom is -0.494 e. The van der Waals surface area contributed by atoms with Gasteiger partial charge in [0.2, 0.25) is 0 Å². The SMILES string of the molecule is COc1c(Cl)ccc(Cl)c1C(=O)O/N=C/c1ccc(/C=N/OC(=O)c2c(Cl)ccc(Cl)c2OC)cc1. The largest absolute Gasteiger partial charge is 0.494 e. The monoisotopic (exact) mass is 568 g/mol. The molecule has 3 rings (SSSR count). The molecule has 8 nitrogen and oxygen atoms in total. The van der Waals surface area contributed by atoms with Crippen LogP contribution >= 0.6 is 46.4 Å². The van der Waals surface area contributed by atoms with E-state index in [0.29, 0.717) is 11.1 Å². The highest BCUT2D eigenvalue weighted by Crippen LogP contribution is 2.35. The fraction of sp³-hybridized carbons (Fsp3) is 0.0833. The average molecular weight is 570 g/mol. The van der Waals surface area contributed by atoms with Crippen molar-refractivity contribution in [3.8, 4) is 11.5 Å². The molecule has 0 radical (unpaired) electrons. The third kappa shape index (κ3) is 6.47. The minimum atomic E-state index is -0.836. The second-order valence-electron chi connectivity index (χ2n) is 6.77. The van der Waals surface area contributed by atoms with Gasteiger partial charge in [0, 0.05) is 0 Å². The predicted octanol–water partition coefficient (Wildman–Crippen LogP) is 6.70. The van der Waals surface area contributed by atoms with Crippen LogP contribution in [-0.2, 0) is 9.68 Å². The molecule has 36 heavy (non-hydrogen) atoms. The lowest BCUT2D eigenvalue weighted by atomic mass is 10.2. The Balaban J connectivity index is 1.61. The number of carbonyl (C=O) groups excluding carboxylic acids is 2. The summed E-state index contributed by atoms with van der Waals surface area (Å²) in [5.41, 5.74) is 1.14. The molecule has 0 heterocycles. The van der Waals surface area contributed by atoms with Crippen LogP contribution in [0.4, 0.5) is 0 Å². The number of oxime groups is 2. The van der Waals surface area contributed by atoms with Gasteiger partial charge in [0.05, 0.1) is 46.7 Å². The van der Waals surface area contributed by atoms with Crippen LogP contribution in [-0.4, -0.2) is 38.6 Å². The zero-order valence-corrected chi connectivity index (χ0v) is 21.7. The summed E-state index contributed by atoms with van der Waals surface area (Å²) in [6, 6.07) is 12.6. The van der Waals surface area contributed by atoms with Crippen LogP contribution in [0.25, 0.3) is 0 Å². The third-order valence-corrected chi connectivity index (χ3v) is 5.77. The first kappa shape index (κ1) is 27.3. The Morgan fingerprint density at radius 2 is 0.944 bits per heavy atom. The number of methoxy groups -OCH3 is 2.